The Labute approximate surface area is 216 Å². The van der Waals surface area contributed by atoms with Gasteiger partial charge in [-0.15, -0.1) is 0 Å². The van der Waals surface area contributed by atoms with Gasteiger partial charge in [-0.3, -0.25) is 9.69 Å². The van der Waals surface area contributed by atoms with Crippen molar-refractivity contribution >= 4 is 28.8 Å². The van der Waals surface area contributed by atoms with E-state index in [4.69, 9.17) is 9.72 Å². The molecule has 5 rings (SSSR count). The van der Waals surface area contributed by atoms with Gasteiger partial charge in [0, 0.05) is 23.6 Å². The summed E-state index contributed by atoms with van der Waals surface area (Å²) >= 11 is 0. The number of carboxylic acids is 1. The summed E-state index contributed by atoms with van der Waals surface area (Å²) in [6.07, 6.45) is 3.28. The lowest BCUT2D eigenvalue weighted by molar-refractivity contribution is -0.143. The van der Waals surface area contributed by atoms with Crippen LogP contribution in [0.4, 0.5) is 10.5 Å². The summed E-state index contributed by atoms with van der Waals surface area (Å²) in [6, 6.07) is 13.8. The summed E-state index contributed by atoms with van der Waals surface area (Å²) in [6.45, 7) is 4.16. The van der Waals surface area contributed by atoms with Crippen molar-refractivity contribution < 1.29 is 24.5 Å². The first kappa shape index (κ1) is 25.3. The Balaban J connectivity index is 1.64. The number of hydrogen-bond donors (Lipinski definition) is 2. The number of amides is 1. The van der Waals surface area contributed by atoms with Crippen molar-refractivity contribution in [1.82, 2.24) is 9.55 Å². The predicted octanol–water partition coefficient (Wildman–Crippen LogP) is 5.21. The zero-order chi connectivity index (χ0) is 26.3. The molecule has 0 unspecified atom stereocenters. The van der Waals surface area contributed by atoms with E-state index in [2.05, 4.69) is 11.5 Å². The van der Waals surface area contributed by atoms with Crippen LogP contribution in [0.2, 0.25) is 0 Å². The number of aliphatic hydroxyl groups is 1. The van der Waals surface area contributed by atoms with Crippen LogP contribution in [-0.4, -0.2) is 45.0 Å². The second-order valence-electron chi connectivity index (χ2n) is 10.8. The number of aromatic nitrogens is 2. The van der Waals surface area contributed by atoms with Gasteiger partial charge in [-0.25, -0.2) is 9.78 Å². The third-order valence-corrected chi connectivity index (χ3v) is 8.34. The summed E-state index contributed by atoms with van der Waals surface area (Å²) in [5.74, 6) is -0.497. The molecule has 2 aliphatic rings. The molecule has 196 valence electrons. The fourth-order valence-electron chi connectivity index (χ4n) is 6.20. The highest BCUT2D eigenvalue weighted by molar-refractivity contribution is 5.95. The molecule has 0 bridgehead atoms. The monoisotopic (exact) mass is 505 g/mol. The van der Waals surface area contributed by atoms with E-state index in [1.165, 1.54) is 7.11 Å². The number of carbonyl (C=O) groups excluding carboxylic acids is 1. The number of anilines is 1. The molecule has 1 aliphatic carbocycles. The highest BCUT2D eigenvalue weighted by atomic mass is 16.5. The quantitative estimate of drug-likeness (QED) is 0.493. The maximum Gasteiger partial charge on any atom is 0.414 e. The average Bonchev–Trinajstić information content (AvgIpc) is 3.30. The molecule has 0 saturated heterocycles. The van der Waals surface area contributed by atoms with E-state index in [-0.39, 0.29) is 17.5 Å². The molecule has 2 aromatic carbocycles. The normalized spacial score (nSPS) is 24.5. The van der Waals surface area contributed by atoms with Gasteiger partial charge in [-0.2, -0.15) is 0 Å². The van der Waals surface area contributed by atoms with Crippen molar-refractivity contribution in [2.75, 3.05) is 12.0 Å². The maximum absolute atomic E-state index is 12.6. The third-order valence-electron chi connectivity index (χ3n) is 8.34. The van der Waals surface area contributed by atoms with Gasteiger partial charge in [-0.05, 0) is 70.1 Å². The summed E-state index contributed by atoms with van der Waals surface area (Å²) in [5.41, 5.74) is 4.12. The van der Waals surface area contributed by atoms with Gasteiger partial charge in [-0.1, -0.05) is 30.3 Å². The van der Waals surface area contributed by atoms with Gasteiger partial charge < -0.3 is 19.5 Å². The number of ether oxygens (including phenoxy) is 1. The van der Waals surface area contributed by atoms with Gasteiger partial charge in [0.25, 0.3) is 0 Å². The molecule has 3 aromatic rings. The second-order valence-corrected chi connectivity index (χ2v) is 10.8. The number of aliphatic hydroxyl groups excluding tert-OH is 1. The third kappa shape index (κ3) is 4.48. The minimum absolute atomic E-state index is 0.00596. The molecule has 1 amide bonds. The van der Waals surface area contributed by atoms with Crippen molar-refractivity contribution in [3.8, 4) is 0 Å². The smallest absolute Gasteiger partial charge is 0.414 e. The van der Waals surface area contributed by atoms with Crippen molar-refractivity contribution in [1.29, 1.82) is 0 Å². The number of carboxylic acid groups (broad SMARTS) is 1. The van der Waals surface area contributed by atoms with Crippen molar-refractivity contribution in [3.63, 3.8) is 0 Å². The fourth-order valence-corrected chi connectivity index (χ4v) is 6.20. The molecule has 1 aromatic heterocycles. The van der Waals surface area contributed by atoms with Crippen LogP contribution in [-0.2, 0) is 27.9 Å². The number of carbonyl (C=O) groups is 2. The fraction of sp³-hybridized carbons (Fsp3) is 0.483. The number of imidazole rings is 1. The zero-order valence-corrected chi connectivity index (χ0v) is 21.7. The summed E-state index contributed by atoms with van der Waals surface area (Å²) in [5, 5.41) is 21.1. The number of methoxy groups -OCH3 is 1. The Morgan fingerprint density at radius 1 is 1.14 bits per heavy atom. The number of nitrogens with zero attached hydrogens (tertiary/aromatic N) is 3. The number of aliphatic carboxylic acids is 1. The van der Waals surface area contributed by atoms with E-state index in [1.54, 1.807) is 4.90 Å². The first-order valence-electron chi connectivity index (χ1n) is 13.1. The highest BCUT2D eigenvalue weighted by Crippen LogP contribution is 2.44. The molecule has 0 radical (unpaired) electrons. The van der Waals surface area contributed by atoms with Gasteiger partial charge >= 0.3 is 12.1 Å². The van der Waals surface area contributed by atoms with Gasteiger partial charge in [0.1, 0.15) is 11.9 Å². The molecule has 2 atom stereocenters. The van der Waals surface area contributed by atoms with Crippen LogP contribution in [0.25, 0.3) is 11.0 Å². The molecular formula is C29H35N3O5. The molecule has 0 spiro atoms. The number of benzene rings is 2. The minimum Gasteiger partial charge on any atom is -0.481 e. The van der Waals surface area contributed by atoms with E-state index < -0.39 is 18.2 Å². The average molecular weight is 506 g/mol. The lowest BCUT2D eigenvalue weighted by Crippen LogP contribution is -2.42. The largest absolute Gasteiger partial charge is 0.481 e. The van der Waals surface area contributed by atoms with Crippen LogP contribution in [0.1, 0.15) is 69.0 Å². The van der Waals surface area contributed by atoms with Crippen LogP contribution >= 0.6 is 0 Å². The first-order valence-corrected chi connectivity index (χ1v) is 13.1. The lowest BCUT2D eigenvalue weighted by Gasteiger charge is -2.39. The number of rotatable bonds is 5. The number of hydrogen-bond acceptors (Lipinski definition) is 5. The van der Waals surface area contributed by atoms with Crippen molar-refractivity contribution in [3.05, 3.63) is 59.4 Å². The molecule has 1 aliphatic heterocycles. The van der Waals surface area contributed by atoms with Crippen LogP contribution < -0.4 is 4.90 Å². The Bertz CT molecular complexity index is 1310. The first-order chi connectivity index (χ1) is 17.7. The van der Waals surface area contributed by atoms with Crippen LogP contribution in [0.3, 0.4) is 0 Å². The van der Waals surface area contributed by atoms with Gasteiger partial charge in [0.2, 0.25) is 0 Å². The zero-order valence-electron chi connectivity index (χ0n) is 21.7. The topological polar surface area (TPSA) is 105 Å². The van der Waals surface area contributed by atoms with E-state index in [0.717, 1.165) is 40.7 Å². The summed E-state index contributed by atoms with van der Waals surface area (Å²) in [4.78, 5) is 31.0. The van der Waals surface area contributed by atoms with E-state index in [1.807, 2.05) is 49.4 Å². The maximum atomic E-state index is 12.6. The second kappa shape index (κ2) is 9.82. The molecule has 8 heteroatoms. The van der Waals surface area contributed by atoms with Crippen LogP contribution in [0.5, 0.6) is 0 Å². The number of fused-ring (bicyclic) bond motifs is 3. The molecular weight excluding hydrogens is 470 g/mol. The highest BCUT2D eigenvalue weighted by Gasteiger charge is 2.40. The summed E-state index contributed by atoms with van der Waals surface area (Å²) < 4.78 is 7.24. The molecule has 1 fully saturated rings. The van der Waals surface area contributed by atoms with Crippen molar-refractivity contribution in [2.24, 2.45) is 5.92 Å². The summed E-state index contributed by atoms with van der Waals surface area (Å²) in [7, 11) is 1.39. The minimum atomic E-state index is -0.835. The Morgan fingerprint density at radius 3 is 2.49 bits per heavy atom. The van der Waals surface area contributed by atoms with E-state index in [9.17, 15) is 19.8 Å². The van der Waals surface area contributed by atoms with Gasteiger partial charge in [0.15, 0.2) is 0 Å². The van der Waals surface area contributed by atoms with Gasteiger partial charge in [0.05, 0.1) is 29.7 Å². The lowest BCUT2D eigenvalue weighted by atomic mass is 9.77. The molecule has 2 N–H and O–H groups in total. The molecule has 1 saturated carbocycles. The van der Waals surface area contributed by atoms with Crippen LogP contribution in [0, 0.1) is 5.92 Å². The standard InChI is InChI=1S/C29H35N3O5/c1-18-9-10-21-22(31(18)28(36)37-3)11-12-23-25(21)30-26(24(33)17-19-7-5-4-6-8-19)32(23)29(2)15-13-20(14-16-29)27(34)35/h4-8,11-12,18,20,24,33H,9-10,13-17H2,1-3H3,(H,34,35)/t18-,20-,24-,29+/m0/s1. The van der Waals surface area contributed by atoms with Crippen LogP contribution in [0.15, 0.2) is 42.5 Å². The van der Waals surface area contributed by atoms with E-state index in [0.29, 0.717) is 37.9 Å². The Kier molecular flexibility index (Phi) is 6.70. The molecule has 2 heterocycles. The van der Waals surface area contributed by atoms with Crippen molar-refractivity contribution in [2.45, 2.75) is 76.5 Å². The SMILES string of the molecule is COC(=O)N1c2ccc3c(nc([C@@H](O)Cc4ccccc4)n3[C@]3(C)CC[C@H](C(=O)O)CC3)c2CC[C@@H]1C. The Hall–Kier alpha value is -3.39. The predicted molar refractivity (Wildman–Crippen MR) is 141 cm³/mol. The molecule has 37 heavy (non-hydrogen) atoms. The van der Waals surface area contributed by atoms with E-state index >= 15 is 0 Å². The number of aryl methyl sites for hydroxylation is 1. The molecule has 8 nitrogen and oxygen atoms in total. The Morgan fingerprint density at radius 2 is 1.84 bits per heavy atom.